The van der Waals surface area contributed by atoms with Crippen LogP contribution >= 0.6 is 0 Å². The third-order valence-corrected chi connectivity index (χ3v) is 8.09. The Hall–Kier alpha value is -2.82. The van der Waals surface area contributed by atoms with Crippen molar-refractivity contribution in [3.63, 3.8) is 0 Å². The number of imidazole rings is 1. The predicted molar refractivity (Wildman–Crippen MR) is 142 cm³/mol. The summed E-state index contributed by atoms with van der Waals surface area (Å²) in [6, 6.07) is 13.2. The Bertz CT molecular complexity index is 1140. The molecular weight excluding hydrogens is 434 g/mol. The van der Waals surface area contributed by atoms with E-state index < -0.39 is 0 Å². The van der Waals surface area contributed by atoms with Gasteiger partial charge >= 0.3 is 0 Å². The van der Waals surface area contributed by atoms with Gasteiger partial charge in [0.15, 0.2) is 0 Å². The molecule has 5 nitrogen and oxygen atoms in total. The Labute approximate surface area is 209 Å². The first kappa shape index (κ1) is 23.9. The summed E-state index contributed by atoms with van der Waals surface area (Å²) < 4.78 is 7.75. The molecule has 5 rings (SSSR count). The number of hydrogen-bond acceptors (Lipinski definition) is 3. The van der Waals surface area contributed by atoms with Gasteiger partial charge in [0.1, 0.15) is 18.1 Å². The number of aromatic nitrogens is 2. The Morgan fingerprint density at radius 2 is 1.51 bits per heavy atom. The number of methoxy groups -OCH3 is 1. The minimum Gasteiger partial charge on any atom is -0.496 e. The van der Waals surface area contributed by atoms with E-state index in [0.717, 1.165) is 65.0 Å². The first-order valence-corrected chi connectivity index (χ1v) is 13.5. The van der Waals surface area contributed by atoms with Gasteiger partial charge in [-0.2, -0.15) is 0 Å². The second-order valence-electron chi connectivity index (χ2n) is 10.5. The molecule has 2 saturated carbocycles. The molecule has 186 valence electrons. The Kier molecular flexibility index (Phi) is 7.12. The van der Waals surface area contributed by atoms with Crippen LogP contribution in [0.2, 0.25) is 0 Å². The molecule has 0 saturated heterocycles. The summed E-state index contributed by atoms with van der Waals surface area (Å²) in [4.78, 5) is 21.5. The Morgan fingerprint density at radius 3 is 2.09 bits per heavy atom. The van der Waals surface area contributed by atoms with Crippen LogP contribution in [0.1, 0.15) is 75.3 Å². The molecule has 2 fully saturated rings. The fraction of sp³-hybridized carbons (Fsp3) is 0.533. The Morgan fingerprint density at radius 1 is 0.943 bits per heavy atom. The number of benzene rings is 2. The molecule has 1 heterocycles. The van der Waals surface area contributed by atoms with E-state index in [2.05, 4.69) is 41.5 Å². The highest BCUT2D eigenvalue weighted by Crippen LogP contribution is 2.34. The number of carbonyl (C=O) groups excluding carboxylic acids is 1. The maximum absolute atomic E-state index is 14.1. The largest absolute Gasteiger partial charge is 0.496 e. The van der Waals surface area contributed by atoms with E-state index in [0.29, 0.717) is 18.6 Å². The zero-order valence-electron chi connectivity index (χ0n) is 21.6. The molecule has 5 heteroatoms. The molecule has 0 radical (unpaired) electrons. The van der Waals surface area contributed by atoms with E-state index in [1.165, 1.54) is 38.5 Å². The molecule has 35 heavy (non-hydrogen) atoms. The summed E-state index contributed by atoms with van der Waals surface area (Å²) in [6.07, 6.45) is 12.2. The lowest BCUT2D eigenvalue weighted by molar-refractivity contribution is -0.138. The highest BCUT2D eigenvalue weighted by molar-refractivity contribution is 5.85. The van der Waals surface area contributed by atoms with Crippen molar-refractivity contribution in [3.8, 4) is 17.1 Å². The van der Waals surface area contributed by atoms with Crippen LogP contribution in [-0.2, 0) is 11.3 Å². The van der Waals surface area contributed by atoms with Crippen LogP contribution in [0.4, 0.5) is 0 Å². The van der Waals surface area contributed by atoms with Crippen LogP contribution in [0, 0.1) is 13.8 Å². The van der Waals surface area contributed by atoms with Crippen LogP contribution in [0.5, 0.6) is 5.75 Å². The van der Waals surface area contributed by atoms with E-state index in [-0.39, 0.29) is 5.91 Å². The van der Waals surface area contributed by atoms with Gasteiger partial charge < -0.3 is 14.2 Å². The van der Waals surface area contributed by atoms with Gasteiger partial charge in [-0.3, -0.25) is 4.79 Å². The fourth-order valence-electron chi connectivity index (χ4n) is 6.50. The van der Waals surface area contributed by atoms with Crippen molar-refractivity contribution in [1.82, 2.24) is 14.5 Å². The van der Waals surface area contributed by atoms with Gasteiger partial charge in [0.2, 0.25) is 5.91 Å². The fourth-order valence-corrected chi connectivity index (χ4v) is 6.50. The SMILES string of the molecule is COc1c(C)cc(-c2nc3ccccc3n2CC(=O)N(C2CCCCC2)C2CCCCC2)cc1C. The lowest BCUT2D eigenvalue weighted by atomic mass is 9.88. The number of amides is 1. The highest BCUT2D eigenvalue weighted by Gasteiger charge is 2.33. The lowest BCUT2D eigenvalue weighted by Crippen LogP contribution is -2.50. The number of rotatable bonds is 6. The van der Waals surface area contributed by atoms with Gasteiger partial charge in [0, 0.05) is 17.6 Å². The first-order chi connectivity index (χ1) is 17.1. The third-order valence-electron chi connectivity index (χ3n) is 8.09. The summed E-state index contributed by atoms with van der Waals surface area (Å²) >= 11 is 0. The molecule has 0 aliphatic heterocycles. The lowest BCUT2D eigenvalue weighted by Gasteiger charge is -2.42. The van der Waals surface area contributed by atoms with Crippen molar-refractivity contribution >= 4 is 16.9 Å². The molecule has 1 amide bonds. The topological polar surface area (TPSA) is 47.4 Å². The zero-order chi connectivity index (χ0) is 24.4. The summed E-state index contributed by atoms with van der Waals surface area (Å²) in [5, 5.41) is 0. The first-order valence-electron chi connectivity index (χ1n) is 13.5. The van der Waals surface area contributed by atoms with E-state index >= 15 is 0 Å². The smallest absolute Gasteiger partial charge is 0.243 e. The van der Waals surface area contributed by atoms with Crippen molar-refractivity contribution in [3.05, 3.63) is 47.5 Å². The Balaban J connectivity index is 1.54. The van der Waals surface area contributed by atoms with Crippen LogP contribution in [0.25, 0.3) is 22.4 Å². The van der Waals surface area contributed by atoms with Crippen molar-refractivity contribution in [2.24, 2.45) is 0 Å². The number of nitrogens with zero attached hydrogens (tertiary/aromatic N) is 3. The van der Waals surface area contributed by atoms with E-state index in [9.17, 15) is 4.79 Å². The van der Waals surface area contributed by atoms with Crippen molar-refractivity contribution < 1.29 is 9.53 Å². The molecule has 0 spiro atoms. The quantitative estimate of drug-likeness (QED) is 0.394. The second-order valence-corrected chi connectivity index (χ2v) is 10.5. The minimum absolute atomic E-state index is 0.259. The van der Waals surface area contributed by atoms with Gasteiger partial charge in [0.25, 0.3) is 0 Å². The summed E-state index contributed by atoms with van der Waals surface area (Å²) in [7, 11) is 1.72. The maximum atomic E-state index is 14.1. The number of ether oxygens (including phenoxy) is 1. The van der Waals surface area contributed by atoms with E-state index in [1.807, 2.05) is 18.2 Å². The van der Waals surface area contributed by atoms with E-state index in [1.54, 1.807) is 7.11 Å². The van der Waals surface area contributed by atoms with Crippen LogP contribution in [-0.4, -0.2) is 39.6 Å². The number of para-hydroxylation sites is 2. The van der Waals surface area contributed by atoms with Gasteiger partial charge in [-0.25, -0.2) is 4.98 Å². The molecular formula is C30H39N3O2. The molecule has 2 aliphatic rings. The average molecular weight is 474 g/mol. The van der Waals surface area contributed by atoms with Crippen LogP contribution < -0.4 is 4.74 Å². The summed E-state index contributed by atoms with van der Waals surface area (Å²) in [6.45, 7) is 4.48. The standard InChI is InChI=1S/C30H39N3O2/c1-21-18-23(19-22(2)29(21)35-3)30-31-26-16-10-11-17-27(26)32(30)20-28(34)33(24-12-6-4-7-13-24)25-14-8-5-9-15-25/h10-11,16-19,24-25H,4-9,12-15,20H2,1-3H3. The van der Waals surface area contributed by atoms with Crippen molar-refractivity contribution in [1.29, 1.82) is 0 Å². The molecule has 3 aromatic rings. The monoisotopic (exact) mass is 473 g/mol. The number of carbonyl (C=O) groups is 1. The van der Waals surface area contributed by atoms with Gasteiger partial charge in [0.05, 0.1) is 18.1 Å². The molecule has 0 unspecified atom stereocenters. The number of fused-ring (bicyclic) bond motifs is 1. The molecule has 2 aromatic carbocycles. The van der Waals surface area contributed by atoms with Gasteiger partial charge in [-0.15, -0.1) is 0 Å². The molecule has 0 N–H and O–H groups in total. The second kappa shape index (κ2) is 10.4. The number of aryl methyl sites for hydroxylation is 2. The van der Waals surface area contributed by atoms with Gasteiger partial charge in [-0.05, 0) is 74.9 Å². The van der Waals surface area contributed by atoms with E-state index in [4.69, 9.17) is 9.72 Å². The van der Waals surface area contributed by atoms with Crippen LogP contribution in [0.15, 0.2) is 36.4 Å². The summed E-state index contributed by atoms with van der Waals surface area (Å²) in [5.74, 6) is 2.03. The predicted octanol–water partition coefficient (Wildman–Crippen LogP) is 6.82. The summed E-state index contributed by atoms with van der Waals surface area (Å²) in [5.41, 5.74) is 5.15. The molecule has 2 aliphatic carbocycles. The average Bonchev–Trinajstić information content (AvgIpc) is 3.24. The zero-order valence-corrected chi connectivity index (χ0v) is 21.6. The van der Waals surface area contributed by atoms with Crippen molar-refractivity contribution in [2.45, 2.75) is 96.7 Å². The molecule has 0 bridgehead atoms. The highest BCUT2D eigenvalue weighted by atomic mass is 16.5. The normalized spacial score (nSPS) is 17.6. The van der Waals surface area contributed by atoms with Crippen molar-refractivity contribution in [2.75, 3.05) is 7.11 Å². The van der Waals surface area contributed by atoms with Crippen LogP contribution in [0.3, 0.4) is 0 Å². The molecule has 0 atom stereocenters. The maximum Gasteiger partial charge on any atom is 0.243 e. The number of hydrogen-bond donors (Lipinski definition) is 0. The third kappa shape index (κ3) is 4.82. The molecule has 1 aromatic heterocycles. The minimum atomic E-state index is 0.259. The van der Waals surface area contributed by atoms with Gasteiger partial charge in [-0.1, -0.05) is 50.7 Å².